The molecule has 1 aromatic heterocycles. The molecule has 0 saturated heterocycles. The second-order valence-electron chi connectivity index (χ2n) is 5.25. The van der Waals surface area contributed by atoms with Crippen molar-refractivity contribution in [2.75, 3.05) is 6.54 Å². The van der Waals surface area contributed by atoms with E-state index in [0.717, 1.165) is 17.8 Å². The summed E-state index contributed by atoms with van der Waals surface area (Å²) < 4.78 is 0. The first-order chi connectivity index (χ1) is 10.2. The molecule has 2 rings (SSSR count). The zero-order valence-electron chi connectivity index (χ0n) is 12.5. The number of hydrogen-bond donors (Lipinski definition) is 2. The van der Waals surface area contributed by atoms with Crippen molar-refractivity contribution in [3.05, 3.63) is 48.0 Å². The molecule has 112 valence electrons. The van der Waals surface area contributed by atoms with Crippen molar-refractivity contribution in [3.8, 4) is 0 Å². The van der Waals surface area contributed by atoms with Gasteiger partial charge in [0.25, 0.3) is 0 Å². The van der Waals surface area contributed by atoms with Crippen LogP contribution in [0.4, 0.5) is 0 Å². The fourth-order valence-corrected chi connectivity index (χ4v) is 2.40. The van der Waals surface area contributed by atoms with Crippen LogP contribution in [0.25, 0.3) is 0 Å². The van der Waals surface area contributed by atoms with Crippen LogP contribution in [0, 0.1) is 5.92 Å². The van der Waals surface area contributed by atoms with E-state index in [0.29, 0.717) is 18.9 Å². The van der Waals surface area contributed by atoms with Gasteiger partial charge in [-0.3, -0.25) is 9.89 Å². The van der Waals surface area contributed by atoms with Crippen molar-refractivity contribution in [3.63, 3.8) is 0 Å². The second-order valence-corrected chi connectivity index (χ2v) is 5.25. The summed E-state index contributed by atoms with van der Waals surface area (Å²) in [6.45, 7) is 4.80. The summed E-state index contributed by atoms with van der Waals surface area (Å²) in [5, 5.41) is 9.60. The average Bonchev–Trinajstić information content (AvgIpc) is 3.01. The van der Waals surface area contributed by atoms with Gasteiger partial charge in [0, 0.05) is 13.0 Å². The van der Waals surface area contributed by atoms with Crippen molar-refractivity contribution < 1.29 is 4.79 Å². The SMILES string of the molecule is CCC(C)C(C(=O)NCCc1ncn[nH]1)c1ccccc1. The molecule has 5 heteroatoms. The van der Waals surface area contributed by atoms with Crippen LogP contribution >= 0.6 is 0 Å². The maximum Gasteiger partial charge on any atom is 0.227 e. The van der Waals surface area contributed by atoms with Crippen LogP contribution in [0.3, 0.4) is 0 Å². The van der Waals surface area contributed by atoms with E-state index in [4.69, 9.17) is 0 Å². The Balaban J connectivity index is 1.98. The highest BCUT2D eigenvalue weighted by Gasteiger charge is 2.25. The average molecular weight is 286 g/mol. The predicted octanol–water partition coefficient (Wildman–Crippen LogP) is 2.29. The lowest BCUT2D eigenvalue weighted by molar-refractivity contribution is -0.123. The van der Waals surface area contributed by atoms with Gasteiger partial charge in [0.1, 0.15) is 12.2 Å². The van der Waals surface area contributed by atoms with Gasteiger partial charge in [-0.15, -0.1) is 0 Å². The summed E-state index contributed by atoms with van der Waals surface area (Å²) in [6.07, 6.45) is 3.10. The Kier molecular flexibility index (Phi) is 5.49. The molecule has 2 aromatic rings. The number of carbonyl (C=O) groups excluding carboxylic acids is 1. The lowest BCUT2D eigenvalue weighted by atomic mass is 9.85. The molecule has 0 bridgehead atoms. The highest BCUT2D eigenvalue weighted by molar-refractivity contribution is 5.83. The lowest BCUT2D eigenvalue weighted by Gasteiger charge is -2.22. The van der Waals surface area contributed by atoms with Gasteiger partial charge < -0.3 is 5.32 Å². The third kappa shape index (κ3) is 4.15. The van der Waals surface area contributed by atoms with Gasteiger partial charge in [-0.05, 0) is 11.5 Å². The molecule has 0 fully saturated rings. The van der Waals surface area contributed by atoms with Crippen molar-refractivity contribution in [1.29, 1.82) is 0 Å². The highest BCUT2D eigenvalue weighted by Crippen LogP contribution is 2.26. The molecule has 0 spiro atoms. The number of nitrogens with one attached hydrogen (secondary N) is 2. The quantitative estimate of drug-likeness (QED) is 0.820. The topological polar surface area (TPSA) is 70.7 Å². The smallest absolute Gasteiger partial charge is 0.227 e. The number of amides is 1. The Morgan fingerprint density at radius 3 is 2.71 bits per heavy atom. The molecular formula is C16H22N4O. The number of H-pyrrole nitrogens is 1. The lowest BCUT2D eigenvalue weighted by Crippen LogP contribution is -2.34. The maximum atomic E-state index is 12.5. The fourth-order valence-electron chi connectivity index (χ4n) is 2.40. The molecule has 0 saturated carbocycles. The van der Waals surface area contributed by atoms with Gasteiger partial charge >= 0.3 is 0 Å². The van der Waals surface area contributed by atoms with Crippen molar-refractivity contribution >= 4 is 5.91 Å². The first-order valence-electron chi connectivity index (χ1n) is 7.39. The molecule has 0 aliphatic rings. The molecule has 2 N–H and O–H groups in total. The van der Waals surface area contributed by atoms with E-state index in [9.17, 15) is 4.79 Å². The molecule has 5 nitrogen and oxygen atoms in total. The third-order valence-electron chi connectivity index (χ3n) is 3.78. The van der Waals surface area contributed by atoms with Crippen LogP contribution in [-0.2, 0) is 11.2 Å². The second kappa shape index (κ2) is 7.57. The monoisotopic (exact) mass is 286 g/mol. The fraction of sp³-hybridized carbons (Fsp3) is 0.438. The van der Waals surface area contributed by atoms with Gasteiger partial charge in [-0.25, -0.2) is 4.98 Å². The molecule has 2 unspecified atom stereocenters. The summed E-state index contributed by atoms with van der Waals surface area (Å²) in [5.41, 5.74) is 1.07. The van der Waals surface area contributed by atoms with E-state index < -0.39 is 0 Å². The van der Waals surface area contributed by atoms with Crippen LogP contribution in [0.15, 0.2) is 36.7 Å². The molecular weight excluding hydrogens is 264 g/mol. The first kappa shape index (κ1) is 15.2. The standard InChI is InChI=1S/C16H22N4O/c1-3-12(2)15(13-7-5-4-6-8-13)16(21)17-10-9-14-18-11-19-20-14/h4-8,11-12,15H,3,9-10H2,1-2H3,(H,17,21)(H,18,19,20). The Hall–Kier alpha value is -2.17. The zero-order valence-corrected chi connectivity index (χ0v) is 12.5. The largest absolute Gasteiger partial charge is 0.355 e. The third-order valence-corrected chi connectivity index (χ3v) is 3.78. The van der Waals surface area contributed by atoms with Gasteiger partial charge in [0.05, 0.1) is 5.92 Å². The van der Waals surface area contributed by atoms with E-state index in [2.05, 4.69) is 34.3 Å². The molecule has 0 aliphatic carbocycles. The Bertz CT molecular complexity index is 539. The predicted molar refractivity (Wildman–Crippen MR) is 81.7 cm³/mol. The molecule has 2 atom stereocenters. The van der Waals surface area contributed by atoms with Crippen LogP contribution < -0.4 is 5.32 Å². The van der Waals surface area contributed by atoms with Gasteiger partial charge in [-0.2, -0.15) is 5.10 Å². The molecule has 1 aromatic carbocycles. The minimum absolute atomic E-state index is 0.0788. The minimum Gasteiger partial charge on any atom is -0.355 e. The van der Waals surface area contributed by atoms with E-state index >= 15 is 0 Å². The van der Waals surface area contributed by atoms with Gasteiger partial charge in [0.15, 0.2) is 0 Å². The maximum absolute atomic E-state index is 12.5. The number of rotatable bonds is 7. The number of aromatic nitrogens is 3. The summed E-state index contributed by atoms with van der Waals surface area (Å²) in [4.78, 5) is 16.6. The summed E-state index contributed by atoms with van der Waals surface area (Å²) in [6, 6.07) is 9.97. The summed E-state index contributed by atoms with van der Waals surface area (Å²) in [5.74, 6) is 1.06. The number of nitrogens with zero attached hydrogens (tertiary/aromatic N) is 2. The van der Waals surface area contributed by atoms with Crippen LogP contribution in [0.1, 0.15) is 37.6 Å². The molecule has 1 amide bonds. The number of aromatic amines is 1. The van der Waals surface area contributed by atoms with Crippen LogP contribution in [-0.4, -0.2) is 27.6 Å². The molecule has 0 aliphatic heterocycles. The minimum atomic E-state index is -0.106. The van der Waals surface area contributed by atoms with Crippen molar-refractivity contribution in [2.24, 2.45) is 5.92 Å². The number of benzene rings is 1. The van der Waals surface area contributed by atoms with Crippen LogP contribution in [0.5, 0.6) is 0 Å². The molecule has 0 radical (unpaired) electrons. The molecule has 1 heterocycles. The van der Waals surface area contributed by atoms with E-state index in [1.807, 2.05) is 30.3 Å². The van der Waals surface area contributed by atoms with E-state index in [-0.39, 0.29) is 11.8 Å². The molecule has 21 heavy (non-hydrogen) atoms. The van der Waals surface area contributed by atoms with E-state index in [1.54, 1.807) is 0 Å². The Morgan fingerprint density at radius 2 is 2.10 bits per heavy atom. The van der Waals surface area contributed by atoms with Gasteiger partial charge in [-0.1, -0.05) is 50.6 Å². The Labute approximate surface area is 125 Å². The summed E-state index contributed by atoms with van der Waals surface area (Å²) >= 11 is 0. The highest BCUT2D eigenvalue weighted by atomic mass is 16.1. The first-order valence-corrected chi connectivity index (χ1v) is 7.39. The van der Waals surface area contributed by atoms with Crippen LogP contribution in [0.2, 0.25) is 0 Å². The van der Waals surface area contributed by atoms with Crippen molar-refractivity contribution in [2.45, 2.75) is 32.6 Å². The zero-order chi connectivity index (χ0) is 15.1. The Morgan fingerprint density at radius 1 is 1.33 bits per heavy atom. The van der Waals surface area contributed by atoms with Crippen molar-refractivity contribution in [1.82, 2.24) is 20.5 Å². The number of hydrogen-bond acceptors (Lipinski definition) is 3. The van der Waals surface area contributed by atoms with E-state index in [1.165, 1.54) is 6.33 Å². The summed E-state index contributed by atoms with van der Waals surface area (Å²) in [7, 11) is 0. The number of carbonyl (C=O) groups is 1. The normalized spacial score (nSPS) is 13.6. The van der Waals surface area contributed by atoms with Gasteiger partial charge in [0.2, 0.25) is 5.91 Å².